The molecule has 1 fully saturated rings. The zero-order valence-electron chi connectivity index (χ0n) is 11.4. The molecular formula is C12H13N5O4S. The first kappa shape index (κ1) is 14.4. The van der Waals surface area contributed by atoms with Gasteiger partial charge in [0.2, 0.25) is 5.91 Å². The van der Waals surface area contributed by atoms with E-state index in [9.17, 15) is 14.4 Å². The minimum atomic E-state index is -0.544. The van der Waals surface area contributed by atoms with Gasteiger partial charge in [0, 0.05) is 6.04 Å². The zero-order chi connectivity index (χ0) is 15.5. The first-order chi connectivity index (χ1) is 10.6. The minimum absolute atomic E-state index is 0.0233. The molecule has 10 heteroatoms. The van der Waals surface area contributed by atoms with Gasteiger partial charge in [-0.15, -0.1) is 5.10 Å². The van der Waals surface area contributed by atoms with E-state index in [0.717, 1.165) is 24.6 Å². The lowest BCUT2D eigenvalue weighted by Gasteiger charge is -2.06. The van der Waals surface area contributed by atoms with E-state index in [-0.39, 0.29) is 23.2 Å². The fourth-order valence-corrected chi connectivity index (χ4v) is 2.62. The maximum absolute atomic E-state index is 11.7. The third-order valence-corrected chi connectivity index (χ3v) is 3.93. The fraction of sp³-hybridized carbons (Fsp3) is 0.333. The minimum Gasteiger partial charge on any atom is -0.459 e. The van der Waals surface area contributed by atoms with Crippen LogP contribution < -0.4 is 16.5 Å². The van der Waals surface area contributed by atoms with Crippen molar-refractivity contribution in [2.24, 2.45) is 0 Å². The number of aromatic amines is 1. The number of aromatic nitrogens is 3. The molecule has 3 N–H and O–H groups in total. The van der Waals surface area contributed by atoms with Gasteiger partial charge in [0.1, 0.15) is 0 Å². The van der Waals surface area contributed by atoms with E-state index in [1.54, 1.807) is 10.6 Å². The average molecular weight is 323 g/mol. The highest BCUT2D eigenvalue weighted by atomic mass is 32.2. The van der Waals surface area contributed by atoms with E-state index in [1.165, 1.54) is 12.3 Å². The first-order valence-corrected chi connectivity index (χ1v) is 7.56. The summed E-state index contributed by atoms with van der Waals surface area (Å²) in [6.07, 6.45) is 3.25. The van der Waals surface area contributed by atoms with Crippen LogP contribution in [0.3, 0.4) is 0 Å². The van der Waals surface area contributed by atoms with Crippen LogP contribution in [0, 0.1) is 0 Å². The van der Waals surface area contributed by atoms with Gasteiger partial charge < -0.3 is 4.42 Å². The molecule has 9 nitrogen and oxygen atoms in total. The monoisotopic (exact) mass is 323 g/mol. The largest absolute Gasteiger partial charge is 0.459 e. The molecule has 0 atom stereocenters. The molecule has 1 aliphatic carbocycles. The van der Waals surface area contributed by atoms with Crippen LogP contribution in [0.2, 0.25) is 0 Å². The molecule has 2 heterocycles. The third kappa shape index (κ3) is 3.22. The number of nitrogens with one attached hydrogen (secondary N) is 3. The van der Waals surface area contributed by atoms with Crippen LogP contribution in [-0.2, 0) is 4.79 Å². The van der Waals surface area contributed by atoms with Crippen molar-refractivity contribution in [1.82, 2.24) is 25.6 Å². The highest BCUT2D eigenvalue weighted by molar-refractivity contribution is 7.99. The van der Waals surface area contributed by atoms with Gasteiger partial charge in [0.05, 0.1) is 12.0 Å². The molecule has 1 aliphatic rings. The summed E-state index contributed by atoms with van der Waals surface area (Å²) in [5.74, 6) is -0.835. The molecule has 3 rings (SSSR count). The maximum atomic E-state index is 11.7. The second kappa shape index (κ2) is 6.10. The molecule has 116 valence electrons. The number of hydrazine groups is 1. The summed E-state index contributed by atoms with van der Waals surface area (Å²) in [4.78, 5) is 34.8. The number of carbonyl (C=O) groups excluding carboxylic acids is 2. The van der Waals surface area contributed by atoms with Crippen molar-refractivity contribution in [3.8, 4) is 0 Å². The van der Waals surface area contributed by atoms with Crippen LogP contribution >= 0.6 is 11.8 Å². The van der Waals surface area contributed by atoms with Crippen LogP contribution in [-0.4, -0.2) is 32.3 Å². The number of amides is 2. The van der Waals surface area contributed by atoms with E-state index >= 15 is 0 Å². The van der Waals surface area contributed by atoms with Crippen molar-refractivity contribution in [2.45, 2.75) is 24.0 Å². The van der Waals surface area contributed by atoms with E-state index in [1.807, 2.05) is 0 Å². The van der Waals surface area contributed by atoms with Gasteiger partial charge in [-0.2, -0.15) is 0 Å². The zero-order valence-corrected chi connectivity index (χ0v) is 12.2. The lowest BCUT2D eigenvalue weighted by molar-refractivity contribution is -0.119. The van der Waals surface area contributed by atoms with E-state index in [4.69, 9.17) is 4.42 Å². The van der Waals surface area contributed by atoms with Crippen molar-refractivity contribution in [2.75, 3.05) is 5.75 Å². The normalized spacial score (nSPS) is 13.8. The third-order valence-electron chi connectivity index (χ3n) is 2.98. The molecule has 2 amide bonds. The number of H-pyrrole nitrogens is 1. The maximum Gasteiger partial charge on any atom is 0.344 e. The topological polar surface area (TPSA) is 122 Å². The lowest BCUT2D eigenvalue weighted by Crippen LogP contribution is -2.42. The van der Waals surface area contributed by atoms with Gasteiger partial charge >= 0.3 is 11.6 Å². The number of rotatable bonds is 5. The standard InChI is InChI=1S/C12H13N5O4S/c18-9(13-14-10(19)8-2-1-5-21-8)6-22-12-16-15-11(20)17(12)7-3-4-7/h1-2,5,7H,3-4,6H2,(H,13,18)(H,14,19)(H,15,20). The van der Waals surface area contributed by atoms with Gasteiger partial charge in [-0.1, -0.05) is 11.8 Å². The van der Waals surface area contributed by atoms with Crippen molar-refractivity contribution < 1.29 is 14.0 Å². The Bertz CT molecular complexity index is 731. The molecule has 22 heavy (non-hydrogen) atoms. The SMILES string of the molecule is O=C(CSc1n[nH]c(=O)n1C1CC1)NNC(=O)c1ccco1. The van der Waals surface area contributed by atoms with Crippen molar-refractivity contribution in [3.05, 3.63) is 34.6 Å². The Morgan fingerprint density at radius 1 is 1.45 bits per heavy atom. The summed E-state index contributed by atoms with van der Waals surface area (Å²) in [5, 5.41) is 6.74. The highest BCUT2D eigenvalue weighted by Gasteiger charge is 2.28. The Balaban J connectivity index is 1.48. The number of hydrogen-bond acceptors (Lipinski definition) is 6. The summed E-state index contributed by atoms with van der Waals surface area (Å²) < 4.78 is 6.44. The van der Waals surface area contributed by atoms with Crippen molar-refractivity contribution >= 4 is 23.6 Å². The van der Waals surface area contributed by atoms with Gasteiger partial charge in [0.25, 0.3) is 0 Å². The smallest absolute Gasteiger partial charge is 0.344 e. The summed E-state index contributed by atoms with van der Waals surface area (Å²) in [6.45, 7) is 0. The van der Waals surface area contributed by atoms with Crippen LogP contribution in [0.5, 0.6) is 0 Å². The Morgan fingerprint density at radius 2 is 2.27 bits per heavy atom. The molecule has 2 aromatic rings. The summed E-state index contributed by atoms with van der Waals surface area (Å²) in [7, 11) is 0. The lowest BCUT2D eigenvalue weighted by atomic mass is 10.4. The predicted octanol–water partition coefficient (Wildman–Crippen LogP) is 0.0526. The molecular weight excluding hydrogens is 310 g/mol. The quantitative estimate of drug-likeness (QED) is 0.528. The van der Waals surface area contributed by atoms with Crippen LogP contribution in [0.15, 0.2) is 32.8 Å². The summed E-state index contributed by atoms with van der Waals surface area (Å²) in [6, 6.07) is 3.23. The van der Waals surface area contributed by atoms with Gasteiger partial charge in [-0.05, 0) is 25.0 Å². The van der Waals surface area contributed by atoms with Crippen LogP contribution in [0.1, 0.15) is 29.4 Å². The number of nitrogens with zero attached hydrogens (tertiary/aromatic N) is 2. The molecule has 0 aromatic carbocycles. The van der Waals surface area contributed by atoms with E-state index < -0.39 is 11.8 Å². The molecule has 2 aromatic heterocycles. The number of furan rings is 1. The molecule has 0 aliphatic heterocycles. The molecule has 0 radical (unpaired) electrons. The van der Waals surface area contributed by atoms with Gasteiger partial charge in [-0.25, -0.2) is 9.89 Å². The second-order valence-corrected chi connectivity index (χ2v) is 5.62. The highest BCUT2D eigenvalue weighted by Crippen LogP contribution is 2.35. The molecule has 0 spiro atoms. The van der Waals surface area contributed by atoms with Crippen LogP contribution in [0.25, 0.3) is 0 Å². The average Bonchev–Trinajstić information content (AvgIpc) is 3.05. The molecule has 0 bridgehead atoms. The predicted molar refractivity (Wildman–Crippen MR) is 76.2 cm³/mol. The van der Waals surface area contributed by atoms with E-state index in [0.29, 0.717) is 5.16 Å². The van der Waals surface area contributed by atoms with Crippen molar-refractivity contribution in [3.63, 3.8) is 0 Å². The van der Waals surface area contributed by atoms with Crippen LogP contribution in [0.4, 0.5) is 0 Å². The Labute approximate surface area is 128 Å². The molecule has 0 saturated heterocycles. The van der Waals surface area contributed by atoms with Crippen molar-refractivity contribution in [1.29, 1.82) is 0 Å². The van der Waals surface area contributed by atoms with E-state index in [2.05, 4.69) is 21.0 Å². The fourth-order valence-electron chi connectivity index (χ4n) is 1.81. The number of carbonyl (C=O) groups is 2. The number of thioether (sulfide) groups is 1. The Hall–Kier alpha value is -2.49. The Kier molecular flexibility index (Phi) is 4.00. The summed E-state index contributed by atoms with van der Waals surface area (Å²) >= 11 is 1.13. The van der Waals surface area contributed by atoms with Gasteiger partial charge in [-0.3, -0.25) is 25.0 Å². The summed E-state index contributed by atoms with van der Waals surface area (Å²) in [5.41, 5.74) is 4.23. The molecule has 0 unspecified atom stereocenters. The second-order valence-electron chi connectivity index (χ2n) is 4.68. The number of hydrogen-bond donors (Lipinski definition) is 3. The molecule has 1 saturated carbocycles. The van der Waals surface area contributed by atoms with Gasteiger partial charge in [0.15, 0.2) is 10.9 Å². The Morgan fingerprint density at radius 3 is 2.95 bits per heavy atom. The first-order valence-electron chi connectivity index (χ1n) is 6.57.